The molecule has 160 valence electrons. The molecule has 1 fully saturated rings. The zero-order chi connectivity index (χ0) is 21.5. The van der Waals surface area contributed by atoms with Crippen molar-refractivity contribution in [1.29, 1.82) is 0 Å². The Kier molecular flexibility index (Phi) is 4.96. The van der Waals surface area contributed by atoms with E-state index in [9.17, 15) is 14.0 Å². The maximum atomic E-state index is 14.0. The van der Waals surface area contributed by atoms with E-state index in [1.54, 1.807) is 12.1 Å². The van der Waals surface area contributed by atoms with E-state index in [1.807, 2.05) is 33.7 Å². The van der Waals surface area contributed by atoms with E-state index in [0.29, 0.717) is 11.9 Å². The fourth-order valence-electron chi connectivity index (χ4n) is 4.99. The van der Waals surface area contributed by atoms with Crippen molar-refractivity contribution in [3.05, 3.63) is 54.3 Å². The van der Waals surface area contributed by atoms with Crippen molar-refractivity contribution in [2.75, 3.05) is 10.2 Å². The maximum absolute atomic E-state index is 14.0. The van der Waals surface area contributed by atoms with E-state index in [0.717, 1.165) is 30.3 Å². The minimum atomic E-state index is -0.691. The molecular weight excluding hydrogens is 395 g/mol. The second kappa shape index (κ2) is 7.80. The van der Waals surface area contributed by atoms with E-state index in [4.69, 9.17) is 4.98 Å². The fraction of sp³-hybridized carbons (Fsp3) is 0.375. The Morgan fingerprint density at radius 1 is 1.13 bits per heavy atom. The lowest BCUT2D eigenvalue weighted by molar-refractivity contribution is -0.125. The number of aromatic nitrogens is 2. The average molecular weight is 420 g/mol. The van der Waals surface area contributed by atoms with Crippen LogP contribution in [0.1, 0.15) is 45.1 Å². The Morgan fingerprint density at radius 3 is 2.68 bits per heavy atom. The average Bonchev–Trinajstić information content (AvgIpc) is 3.25. The number of imidazole rings is 1. The molecule has 2 aromatic carbocycles. The highest BCUT2D eigenvalue weighted by Gasteiger charge is 2.45. The van der Waals surface area contributed by atoms with Crippen LogP contribution in [0, 0.1) is 11.7 Å². The van der Waals surface area contributed by atoms with Crippen molar-refractivity contribution in [3.63, 3.8) is 0 Å². The number of amides is 2. The van der Waals surface area contributed by atoms with Gasteiger partial charge in [0.05, 0.1) is 23.1 Å². The first kappa shape index (κ1) is 19.7. The number of para-hydroxylation sites is 3. The van der Waals surface area contributed by atoms with E-state index in [-0.39, 0.29) is 24.1 Å². The summed E-state index contributed by atoms with van der Waals surface area (Å²) >= 11 is 0. The number of carbonyl (C=O) groups excluding carboxylic acids is 2. The van der Waals surface area contributed by atoms with Gasteiger partial charge in [0, 0.05) is 6.04 Å². The normalized spacial score (nSPS) is 23.2. The highest BCUT2D eigenvalue weighted by Crippen LogP contribution is 2.41. The van der Waals surface area contributed by atoms with Crippen LogP contribution in [0.15, 0.2) is 48.5 Å². The van der Waals surface area contributed by atoms with E-state index in [1.165, 1.54) is 18.6 Å². The molecule has 5 rings (SSSR count). The predicted molar refractivity (Wildman–Crippen MR) is 117 cm³/mol. The quantitative estimate of drug-likeness (QED) is 0.667. The number of hydrogen-bond acceptors (Lipinski definition) is 3. The number of carbonyl (C=O) groups is 2. The Morgan fingerprint density at radius 2 is 1.87 bits per heavy atom. The van der Waals surface area contributed by atoms with Gasteiger partial charge in [0.1, 0.15) is 11.9 Å². The van der Waals surface area contributed by atoms with Gasteiger partial charge in [-0.1, -0.05) is 44.0 Å². The summed E-state index contributed by atoms with van der Waals surface area (Å²) in [4.78, 5) is 33.0. The molecule has 0 bridgehead atoms. The Labute approximate surface area is 180 Å². The second-order valence-corrected chi connectivity index (χ2v) is 8.56. The lowest BCUT2D eigenvalue weighted by Gasteiger charge is -2.35. The molecule has 0 radical (unpaired) electrons. The van der Waals surface area contributed by atoms with Crippen LogP contribution in [-0.4, -0.2) is 27.4 Å². The molecule has 0 saturated heterocycles. The Balaban J connectivity index is 1.50. The summed E-state index contributed by atoms with van der Waals surface area (Å²) in [6.07, 6.45) is 4.19. The molecule has 7 heteroatoms. The summed E-state index contributed by atoms with van der Waals surface area (Å²) in [7, 11) is 0. The van der Waals surface area contributed by atoms with Gasteiger partial charge in [0.2, 0.25) is 11.9 Å². The summed E-state index contributed by atoms with van der Waals surface area (Å²) in [5.74, 6) is -0.00738. The summed E-state index contributed by atoms with van der Waals surface area (Å²) < 4.78 is 15.9. The smallest absolute Gasteiger partial charge is 0.253 e. The number of fused-ring (bicyclic) bond motifs is 3. The molecule has 1 aliphatic carbocycles. The third-order valence-corrected chi connectivity index (χ3v) is 6.55. The molecule has 2 amide bonds. The SMILES string of the molecule is C[C@H]1CCCC[C@@H]1N1C(=O)[C@@H](CC(=O)Nc2ccccc2F)n2c1nc1ccccc12. The van der Waals surface area contributed by atoms with Crippen molar-refractivity contribution in [1.82, 2.24) is 9.55 Å². The topological polar surface area (TPSA) is 67.2 Å². The van der Waals surface area contributed by atoms with Gasteiger partial charge in [-0.15, -0.1) is 0 Å². The molecule has 31 heavy (non-hydrogen) atoms. The molecule has 0 spiro atoms. The van der Waals surface area contributed by atoms with Crippen molar-refractivity contribution < 1.29 is 14.0 Å². The van der Waals surface area contributed by atoms with Crippen molar-refractivity contribution in [3.8, 4) is 0 Å². The Bertz CT molecular complexity index is 1160. The fourth-order valence-corrected chi connectivity index (χ4v) is 4.99. The molecular formula is C24H25FN4O2. The number of rotatable bonds is 4. The number of anilines is 2. The number of nitrogens with zero attached hydrogens (tertiary/aromatic N) is 3. The summed E-state index contributed by atoms with van der Waals surface area (Å²) in [5.41, 5.74) is 1.75. The molecule has 1 saturated carbocycles. The minimum Gasteiger partial charge on any atom is -0.324 e. The first-order valence-corrected chi connectivity index (χ1v) is 10.9. The molecule has 1 aliphatic heterocycles. The lowest BCUT2D eigenvalue weighted by atomic mass is 9.85. The maximum Gasteiger partial charge on any atom is 0.253 e. The van der Waals surface area contributed by atoms with Gasteiger partial charge < -0.3 is 5.32 Å². The first-order chi connectivity index (χ1) is 15.0. The molecule has 2 aliphatic rings. The number of nitrogens with one attached hydrogen (secondary N) is 1. The van der Waals surface area contributed by atoms with Crippen LogP contribution in [0.5, 0.6) is 0 Å². The van der Waals surface area contributed by atoms with Gasteiger partial charge in [-0.3, -0.25) is 19.1 Å². The number of hydrogen-bond donors (Lipinski definition) is 1. The highest BCUT2D eigenvalue weighted by molar-refractivity contribution is 6.05. The van der Waals surface area contributed by atoms with Gasteiger partial charge in [-0.05, 0) is 43.0 Å². The van der Waals surface area contributed by atoms with Crippen LogP contribution in [0.3, 0.4) is 0 Å². The van der Waals surface area contributed by atoms with Gasteiger partial charge in [-0.25, -0.2) is 9.37 Å². The summed E-state index contributed by atoms with van der Waals surface area (Å²) in [5, 5.41) is 2.61. The molecule has 0 unspecified atom stereocenters. The van der Waals surface area contributed by atoms with Gasteiger partial charge in [0.25, 0.3) is 5.91 Å². The van der Waals surface area contributed by atoms with Gasteiger partial charge in [0.15, 0.2) is 0 Å². The van der Waals surface area contributed by atoms with Crippen LogP contribution in [0.2, 0.25) is 0 Å². The van der Waals surface area contributed by atoms with Crippen LogP contribution < -0.4 is 10.2 Å². The minimum absolute atomic E-state index is 0.0713. The van der Waals surface area contributed by atoms with Crippen LogP contribution in [-0.2, 0) is 9.59 Å². The highest BCUT2D eigenvalue weighted by atomic mass is 19.1. The van der Waals surface area contributed by atoms with E-state index >= 15 is 0 Å². The molecule has 6 nitrogen and oxygen atoms in total. The van der Waals surface area contributed by atoms with Crippen molar-refractivity contribution in [2.24, 2.45) is 5.92 Å². The van der Waals surface area contributed by atoms with Gasteiger partial charge in [-0.2, -0.15) is 0 Å². The molecule has 1 aromatic heterocycles. The van der Waals surface area contributed by atoms with Crippen molar-refractivity contribution in [2.45, 2.75) is 51.1 Å². The standard InChI is InChI=1S/C24H25FN4O2/c1-15-8-2-6-12-19(15)29-23(31)21(14-22(30)26-17-10-4-3-9-16(17)25)28-20-13-7-5-11-18(20)27-24(28)29/h3-5,7,9-11,13,15,19,21H,2,6,8,12,14H2,1H3,(H,26,30)/t15-,19-,21+/m0/s1. The van der Waals surface area contributed by atoms with E-state index < -0.39 is 17.8 Å². The van der Waals surface area contributed by atoms with Crippen LogP contribution in [0.25, 0.3) is 11.0 Å². The zero-order valence-electron chi connectivity index (χ0n) is 17.4. The summed E-state index contributed by atoms with van der Waals surface area (Å²) in [6.45, 7) is 2.18. The monoisotopic (exact) mass is 420 g/mol. The van der Waals surface area contributed by atoms with E-state index in [2.05, 4.69) is 12.2 Å². The zero-order valence-corrected chi connectivity index (χ0v) is 17.4. The molecule has 3 aromatic rings. The van der Waals surface area contributed by atoms with Crippen molar-refractivity contribution >= 4 is 34.5 Å². The third kappa shape index (κ3) is 3.38. The largest absolute Gasteiger partial charge is 0.324 e. The number of halogens is 1. The first-order valence-electron chi connectivity index (χ1n) is 10.9. The second-order valence-electron chi connectivity index (χ2n) is 8.56. The van der Waals surface area contributed by atoms with Gasteiger partial charge >= 0.3 is 0 Å². The lowest BCUT2D eigenvalue weighted by Crippen LogP contribution is -2.44. The van der Waals surface area contributed by atoms with Crippen LogP contribution in [0.4, 0.5) is 16.0 Å². The van der Waals surface area contributed by atoms with Crippen LogP contribution >= 0.6 is 0 Å². The molecule has 1 N–H and O–H groups in total. The molecule has 2 heterocycles. The molecule has 3 atom stereocenters. The predicted octanol–water partition coefficient (Wildman–Crippen LogP) is 4.67. The summed E-state index contributed by atoms with van der Waals surface area (Å²) in [6, 6.07) is 13.1. The third-order valence-electron chi connectivity index (χ3n) is 6.55. The number of benzene rings is 2. The Hall–Kier alpha value is -3.22.